The van der Waals surface area contributed by atoms with Gasteiger partial charge in [0.2, 0.25) is 0 Å². The summed E-state index contributed by atoms with van der Waals surface area (Å²) >= 11 is 0. The lowest BCUT2D eigenvalue weighted by atomic mass is 9.85. The van der Waals surface area contributed by atoms with Crippen LogP contribution in [-0.4, -0.2) is 17.0 Å². The number of anilines is 1. The van der Waals surface area contributed by atoms with Crippen molar-refractivity contribution < 1.29 is 0 Å². The monoisotopic (exact) mass is 191 g/mol. The molecule has 0 aromatic carbocycles. The fourth-order valence-corrected chi connectivity index (χ4v) is 1.74. The van der Waals surface area contributed by atoms with Crippen LogP contribution in [0.5, 0.6) is 0 Å². The highest BCUT2D eigenvalue weighted by Crippen LogP contribution is 2.35. The minimum absolute atomic E-state index is 0.612. The molecule has 0 unspecified atom stereocenters. The van der Waals surface area contributed by atoms with Crippen LogP contribution in [0.15, 0.2) is 0 Å². The van der Waals surface area contributed by atoms with Gasteiger partial charge in [0.25, 0.3) is 0 Å². The second-order valence-corrected chi connectivity index (χ2v) is 4.02. The number of aryl methyl sites for hydroxylation is 1. The summed E-state index contributed by atoms with van der Waals surface area (Å²) in [5.41, 5.74) is 2.27. The number of hydrogen-bond acceptors (Lipinski definition) is 3. The Morgan fingerprint density at radius 2 is 1.93 bits per heavy atom. The number of rotatable bonds is 2. The van der Waals surface area contributed by atoms with Crippen molar-refractivity contribution >= 4 is 5.82 Å². The average Bonchev–Trinajstić information content (AvgIpc) is 2.08. The lowest BCUT2D eigenvalue weighted by Crippen LogP contribution is -2.15. The Kier molecular flexibility index (Phi) is 2.40. The lowest BCUT2D eigenvalue weighted by molar-refractivity contribution is 0.401. The molecule has 1 aromatic heterocycles. The molecule has 1 fully saturated rings. The summed E-state index contributed by atoms with van der Waals surface area (Å²) in [7, 11) is 1.92. The topological polar surface area (TPSA) is 37.8 Å². The standard InChI is InChI=1S/C11H17N3/c1-7-8(2)13-11(9-5-4-6-9)14-10(7)12-3/h9H,4-6H2,1-3H3,(H,12,13,14). The predicted octanol–water partition coefficient (Wildman–Crippen LogP) is 2.40. The zero-order valence-corrected chi connectivity index (χ0v) is 9.09. The first-order valence-electron chi connectivity index (χ1n) is 5.25. The largest absolute Gasteiger partial charge is 0.373 e. The minimum Gasteiger partial charge on any atom is -0.373 e. The Bertz CT molecular complexity index is 343. The van der Waals surface area contributed by atoms with Crippen molar-refractivity contribution in [2.24, 2.45) is 0 Å². The molecule has 0 spiro atoms. The van der Waals surface area contributed by atoms with Gasteiger partial charge in [-0.15, -0.1) is 0 Å². The van der Waals surface area contributed by atoms with Gasteiger partial charge in [0.15, 0.2) is 0 Å². The van der Waals surface area contributed by atoms with Crippen LogP contribution in [0, 0.1) is 13.8 Å². The van der Waals surface area contributed by atoms with Crippen molar-refractivity contribution in [3.63, 3.8) is 0 Å². The Hall–Kier alpha value is -1.12. The summed E-state index contributed by atoms with van der Waals surface area (Å²) in [6, 6.07) is 0. The molecule has 2 rings (SSSR count). The number of aromatic nitrogens is 2. The summed E-state index contributed by atoms with van der Waals surface area (Å²) in [5.74, 6) is 2.63. The molecule has 14 heavy (non-hydrogen) atoms. The average molecular weight is 191 g/mol. The van der Waals surface area contributed by atoms with E-state index >= 15 is 0 Å². The third-order valence-electron chi connectivity index (χ3n) is 3.11. The molecule has 0 radical (unpaired) electrons. The molecule has 1 heterocycles. The van der Waals surface area contributed by atoms with E-state index in [0.29, 0.717) is 5.92 Å². The summed E-state index contributed by atoms with van der Waals surface area (Å²) < 4.78 is 0. The van der Waals surface area contributed by atoms with Crippen molar-refractivity contribution in [3.8, 4) is 0 Å². The van der Waals surface area contributed by atoms with E-state index in [-0.39, 0.29) is 0 Å². The molecule has 0 amide bonds. The maximum Gasteiger partial charge on any atom is 0.134 e. The van der Waals surface area contributed by atoms with Gasteiger partial charge in [0, 0.05) is 24.2 Å². The second kappa shape index (κ2) is 3.56. The Balaban J connectivity index is 2.37. The number of nitrogens with zero attached hydrogens (tertiary/aromatic N) is 2. The molecule has 1 aromatic rings. The zero-order chi connectivity index (χ0) is 10.1. The first-order valence-corrected chi connectivity index (χ1v) is 5.25. The molecular formula is C11H17N3. The normalized spacial score (nSPS) is 16.5. The molecule has 1 aliphatic carbocycles. The van der Waals surface area contributed by atoms with Gasteiger partial charge in [0.1, 0.15) is 11.6 Å². The van der Waals surface area contributed by atoms with Crippen molar-refractivity contribution in [3.05, 3.63) is 17.1 Å². The molecule has 1 N–H and O–H groups in total. The van der Waals surface area contributed by atoms with Crippen LogP contribution >= 0.6 is 0 Å². The number of hydrogen-bond donors (Lipinski definition) is 1. The fourth-order valence-electron chi connectivity index (χ4n) is 1.74. The molecule has 3 heteroatoms. The summed E-state index contributed by atoms with van der Waals surface area (Å²) in [4.78, 5) is 9.10. The van der Waals surface area contributed by atoms with E-state index in [4.69, 9.17) is 0 Å². The van der Waals surface area contributed by atoms with Crippen molar-refractivity contribution in [2.75, 3.05) is 12.4 Å². The van der Waals surface area contributed by atoms with Crippen LogP contribution in [0.1, 0.15) is 42.3 Å². The van der Waals surface area contributed by atoms with Crippen molar-refractivity contribution in [1.82, 2.24) is 9.97 Å². The molecule has 1 aliphatic rings. The van der Waals surface area contributed by atoms with Crippen LogP contribution in [-0.2, 0) is 0 Å². The van der Waals surface area contributed by atoms with Crippen molar-refractivity contribution in [1.29, 1.82) is 0 Å². The van der Waals surface area contributed by atoms with Crippen LogP contribution < -0.4 is 5.32 Å². The van der Waals surface area contributed by atoms with E-state index in [1.807, 2.05) is 7.05 Å². The summed E-state index contributed by atoms with van der Waals surface area (Å²) in [6.45, 7) is 4.12. The van der Waals surface area contributed by atoms with Crippen LogP contribution in [0.3, 0.4) is 0 Å². The van der Waals surface area contributed by atoms with Crippen LogP contribution in [0.25, 0.3) is 0 Å². The first-order chi connectivity index (χ1) is 6.72. The minimum atomic E-state index is 0.612. The molecule has 76 valence electrons. The van der Waals surface area contributed by atoms with E-state index in [0.717, 1.165) is 22.9 Å². The van der Waals surface area contributed by atoms with Crippen LogP contribution in [0.4, 0.5) is 5.82 Å². The molecule has 0 bridgehead atoms. The second-order valence-electron chi connectivity index (χ2n) is 4.02. The Labute approximate surface area is 85.0 Å². The molecule has 0 atom stereocenters. The van der Waals surface area contributed by atoms with E-state index in [1.165, 1.54) is 19.3 Å². The Morgan fingerprint density at radius 3 is 2.43 bits per heavy atom. The third-order valence-corrected chi connectivity index (χ3v) is 3.11. The number of nitrogens with one attached hydrogen (secondary N) is 1. The predicted molar refractivity (Wildman–Crippen MR) is 57.6 cm³/mol. The van der Waals surface area contributed by atoms with Crippen molar-refractivity contribution in [2.45, 2.75) is 39.0 Å². The van der Waals surface area contributed by atoms with Gasteiger partial charge < -0.3 is 5.32 Å². The van der Waals surface area contributed by atoms with Gasteiger partial charge in [-0.05, 0) is 26.7 Å². The smallest absolute Gasteiger partial charge is 0.134 e. The SMILES string of the molecule is CNc1nc(C2CCC2)nc(C)c1C. The Morgan fingerprint density at radius 1 is 1.21 bits per heavy atom. The lowest BCUT2D eigenvalue weighted by Gasteiger charge is -2.24. The molecule has 0 saturated heterocycles. The van der Waals surface area contributed by atoms with Gasteiger partial charge >= 0.3 is 0 Å². The van der Waals surface area contributed by atoms with Gasteiger partial charge in [-0.3, -0.25) is 0 Å². The maximum absolute atomic E-state index is 4.55. The third kappa shape index (κ3) is 1.47. The molecule has 1 saturated carbocycles. The molecule has 3 nitrogen and oxygen atoms in total. The fraction of sp³-hybridized carbons (Fsp3) is 0.636. The highest BCUT2D eigenvalue weighted by atomic mass is 15.0. The van der Waals surface area contributed by atoms with Gasteiger partial charge in [-0.2, -0.15) is 0 Å². The highest BCUT2D eigenvalue weighted by Gasteiger charge is 2.23. The van der Waals surface area contributed by atoms with E-state index in [9.17, 15) is 0 Å². The first kappa shape index (κ1) is 9.44. The zero-order valence-electron chi connectivity index (χ0n) is 9.09. The highest BCUT2D eigenvalue weighted by molar-refractivity contribution is 5.45. The quantitative estimate of drug-likeness (QED) is 0.780. The van der Waals surface area contributed by atoms with E-state index in [1.54, 1.807) is 0 Å². The molecular weight excluding hydrogens is 174 g/mol. The van der Waals surface area contributed by atoms with Gasteiger partial charge in [-0.1, -0.05) is 6.42 Å². The van der Waals surface area contributed by atoms with Crippen LogP contribution in [0.2, 0.25) is 0 Å². The molecule has 0 aliphatic heterocycles. The van der Waals surface area contributed by atoms with Gasteiger partial charge in [0.05, 0.1) is 0 Å². The van der Waals surface area contributed by atoms with E-state index < -0.39 is 0 Å². The van der Waals surface area contributed by atoms with Gasteiger partial charge in [-0.25, -0.2) is 9.97 Å². The summed E-state index contributed by atoms with van der Waals surface area (Å²) in [6.07, 6.45) is 3.84. The summed E-state index contributed by atoms with van der Waals surface area (Å²) in [5, 5.41) is 3.13. The van der Waals surface area contributed by atoms with E-state index in [2.05, 4.69) is 29.1 Å². The maximum atomic E-state index is 4.55.